The molecule has 1 saturated heterocycles. The molecule has 0 saturated carbocycles. The van der Waals surface area contributed by atoms with Crippen molar-refractivity contribution in [3.05, 3.63) is 36.2 Å². The first kappa shape index (κ1) is 22.5. The van der Waals surface area contributed by atoms with Gasteiger partial charge in [-0.3, -0.25) is 4.90 Å². The maximum atomic E-state index is 14.5. The van der Waals surface area contributed by atoms with Crippen LogP contribution in [0.4, 0.5) is 30.8 Å². The van der Waals surface area contributed by atoms with Crippen molar-refractivity contribution in [3.8, 4) is 5.88 Å². The Morgan fingerprint density at radius 2 is 1.97 bits per heavy atom. The molecule has 1 amide bonds. The van der Waals surface area contributed by atoms with Gasteiger partial charge in [0, 0.05) is 37.7 Å². The number of piperidine rings is 1. The average Bonchev–Trinajstić information content (AvgIpc) is 2.72. The Labute approximate surface area is 179 Å². The van der Waals surface area contributed by atoms with E-state index in [4.69, 9.17) is 4.74 Å². The fraction of sp³-hybridized carbons (Fsp3) is 0.476. The first-order valence-corrected chi connectivity index (χ1v) is 10.3. The van der Waals surface area contributed by atoms with E-state index in [1.54, 1.807) is 0 Å². The normalized spacial score (nSPS) is 16.3. The van der Waals surface area contributed by atoms with Crippen LogP contribution in [0.1, 0.15) is 39.5 Å². The van der Waals surface area contributed by atoms with E-state index >= 15 is 0 Å². The summed E-state index contributed by atoms with van der Waals surface area (Å²) in [7, 11) is 0. The molecule has 0 radical (unpaired) electrons. The van der Waals surface area contributed by atoms with Gasteiger partial charge in [0.05, 0.1) is 11.4 Å². The molecule has 1 unspecified atom stereocenters. The van der Waals surface area contributed by atoms with E-state index < -0.39 is 24.0 Å². The number of nitrogens with zero attached hydrogens (tertiary/aromatic N) is 3. The summed E-state index contributed by atoms with van der Waals surface area (Å²) >= 11 is 0. The molecule has 8 nitrogen and oxygen atoms in total. The van der Waals surface area contributed by atoms with Crippen LogP contribution in [-0.2, 0) is 0 Å². The zero-order chi connectivity index (χ0) is 22.4. The second kappa shape index (κ2) is 10.2. The van der Waals surface area contributed by atoms with E-state index in [1.807, 2.05) is 0 Å². The van der Waals surface area contributed by atoms with Gasteiger partial charge in [0.2, 0.25) is 5.88 Å². The summed E-state index contributed by atoms with van der Waals surface area (Å²) in [5.74, 6) is -0.437. The highest BCUT2D eigenvalue weighted by atomic mass is 19.1. The lowest BCUT2D eigenvalue weighted by Crippen LogP contribution is -2.46. The van der Waals surface area contributed by atoms with Crippen LogP contribution in [0.15, 0.2) is 24.5 Å². The molecule has 0 bridgehead atoms. The molecule has 1 aliphatic heterocycles. The third kappa shape index (κ3) is 6.16. The largest absolute Gasteiger partial charge is 0.465 e. The van der Waals surface area contributed by atoms with E-state index in [-0.39, 0.29) is 23.1 Å². The van der Waals surface area contributed by atoms with E-state index in [9.17, 15) is 18.7 Å². The predicted molar refractivity (Wildman–Crippen MR) is 113 cm³/mol. The molecule has 31 heavy (non-hydrogen) atoms. The fourth-order valence-electron chi connectivity index (χ4n) is 3.27. The SMILES string of the molecule is CC(C)CCNc1cc(F)c(Nc2cc(OC3CCCCN3C(=O)O)ncn2)cc1F. The minimum absolute atomic E-state index is 0.0820. The van der Waals surface area contributed by atoms with Gasteiger partial charge in [-0.1, -0.05) is 13.8 Å². The molecule has 2 aromatic rings. The quantitative estimate of drug-likeness (QED) is 0.546. The van der Waals surface area contributed by atoms with Crippen LogP contribution in [0.25, 0.3) is 0 Å². The first-order chi connectivity index (χ1) is 14.8. The highest BCUT2D eigenvalue weighted by Gasteiger charge is 2.28. The number of rotatable bonds is 8. The highest BCUT2D eigenvalue weighted by Crippen LogP contribution is 2.27. The van der Waals surface area contributed by atoms with Crippen LogP contribution >= 0.6 is 0 Å². The Morgan fingerprint density at radius 3 is 2.71 bits per heavy atom. The Kier molecular flexibility index (Phi) is 7.43. The molecule has 1 aromatic carbocycles. The van der Waals surface area contributed by atoms with Crippen molar-refractivity contribution in [2.45, 2.75) is 45.8 Å². The molecule has 1 aliphatic rings. The lowest BCUT2D eigenvalue weighted by molar-refractivity contribution is 0.00335. The number of hydrogen-bond acceptors (Lipinski definition) is 6. The Balaban J connectivity index is 1.69. The van der Waals surface area contributed by atoms with E-state index in [0.29, 0.717) is 25.4 Å². The van der Waals surface area contributed by atoms with Gasteiger partial charge in [-0.05, 0) is 25.2 Å². The number of anilines is 3. The van der Waals surface area contributed by atoms with Crippen LogP contribution in [0.3, 0.4) is 0 Å². The summed E-state index contributed by atoms with van der Waals surface area (Å²) in [5, 5.41) is 14.9. The standard InChI is InChI=1S/C21H27F2N5O3/c1-13(2)6-7-24-16-9-15(23)17(10-14(16)22)27-18-11-19(26-12-25-18)31-20-5-3-4-8-28(20)21(29)30/h9-13,20,24H,3-8H2,1-2H3,(H,29,30)(H,25,26,27). The summed E-state index contributed by atoms with van der Waals surface area (Å²) in [6, 6.07) is 3.58. The number of carboxylic acid groups (broad SMARTS) is 1. The smallest absolute Gasteiger partial charge is 0.410 e. The third-order valence-corrected chi connectivity index (χ3v) is 4.95. The van der Waals surface area contributed by atoms with Gasteiger partial charge in [-0.25, -0.2) is 23.5 Å². The third-order valence-electron chi connectivity index (χ3n) is 4.95. The Hall–Kier alpha value is -3.17. The lowest BCUT2D eigenvalue weighted by Gasteiger charge is -2.32. The number of likely N-dealkylation sites (tertiary alicyclic amines) is 1. The van der Waals surface area contributed by atoms with Crippen molar-refractivity contribution < 1.29 is 23.4 Å². The zero-order valence-electron chi connectivity index (χ0n) is 17.6. The summed E-state index contributed by atoms with van der Waals surface area (Å²) in [6.07, 6.45) is 2.50. The number of hydrogen-bond donors (Lipinski definition) is 3. The van der Waals surface area contributed by atoms with E-state index in [2.05, 4.69) is 34.4 Å². The molecule has 3 rings (SSSR count). The van der Waals surface area contributed by atoms with Gasteiger partial charge in [0.1, 0.15) is 23.8 Å². The highest BCUT2D eigenvalue weighted by molar-refractivity contribution is 5.65. The molecule has 3 N–H and O–H groups in total. The molecule has 0 spiro atoms. The minimum atomic E-state index is -1.06. The van der Waals surface area contributed by atoms with Gasteiger partial charge >= 0.3 is 6.09 Å². The second-order valence-electron chi connectivity index (χ2n) is 7.83. The maximum absolute atomic E-state index is 14.5. The maximum Gasteiger partial charge on any atom is 0.410 e. The van der Waals surface area contributed by atoms with Crippen LogP contribution in [0.5, 0.6) is 5.88 Å². The van der Waals surface area contributed by atoms with Crippen LogP contribution in [-0.4, -0.2) is 45.4 Å². The van der Waals surface area contributed by atoms with Gasteiger partial charge in [-0.15, -0.1) is 0 Å². The molecule has 1 aromatic heterocycles. The van der Waals surface area contributed by atoms with Crippen molar-refractivity contribution in [2.75, 3.05) is 23.7 Å². The number of carbonyl (C=O) groups is 1. The predicted octanol–water partition coefficient (Wildman–Crippen LogP) is 4.83. The fourth-order valence-corrected chi connectivity index (χ4v) is 3.27. The van der Waals surface area contributed by atoms with Crippen LogP contribution < -0.4 is 15.4 Å². The molecular weight excluding hydrogens is 408 g/mol. The zero-order valence-corrected chi connectivity index (χ0v) is 17.6. The molecule has 10 heteroatoms. The molecule has 0 aliphatic carbocycles. The molecule has 1 atom stereocenters. The molecule has 1 fully saturated rings. The summed E-state index contributed by atoms with van der Waals surface area (Å²) in [6.45, 7) is 5.04. The summed E-state index contributed by atoms with van der Waals surface area (Å²) in [5.41, 5.74) is 0.0165. The number of amides is 1. The number of nitrogens with one attached hydrogen (secondary N) is 2. The van der Waals surface area contributed by atoms with Gasteiger partial charge in [0.25, 0.3) is 0 Å². The van der Waals surface area contributed by atoms with Gasteiger partial charge < -0.3 is 20.5 Å². The minimum Gasteiger partial charge on any atom is -0.465 e. The first-order valence-electron chi connectivity index (χ1n) is 10.3. The van der Waals surface area contributed by atoms with Crippen molar-refractivity contribution >= 4 is 23.3 Å². The van der Waals surface area contributed by atoms with E-state index in [1.165, 1.54) is 17.3 Å². The molecular formula is C21H27F2N5O3. The van der Waals surface area contributed by atoms with Gasteiger partial charge in [0.15, 0.2) is 6.23 Å². The van der Waals surface area contributed by atoms with Crippen molar-refractivity contribution in [2.24, 2.45) is 5.92 Å². The average molecular weight is 435 g/mol. The summed E-state index contributed by atoms with van der Waals surface area (Å²) in [4.78, 5) is 20.6. The van der Waals surface area contributed by atoms with Crippen molar-refractivity contribution in [1.82, 2.24) is 14.9 Å². The van der Waals surface area contributed by atoms with Crippen molar-refractivity contribution in [3.63, 3.8) is 0 Å². The number of aromatic nitrogens is 2. The van der Waals surface area contributed by atoms with Crippen LogP contribution in [0, 0.1) is 17.6 Å². The topological polar surface area (TPSA) is 99.6 Å². The number of ether oxygens (including phenoxy) is 1. The lowest BCUT2D eigenvalue weighted by atomic mass is 10.1. The Bertz CT molecular complexity index is 913. The van der Waals surface area contributed by atoms with E-state index in [0.717, 1.165) is 31.4 Å². The molecule has 2 heterocycles. The monoisotopic (exact) mass is 435 g/mol. The second-order valence-corrected chi connectivity index (χ2v) is 7.83. The summed E-state index contributed by atoms with van der Waals surface area (Å²) < 4.78 is 34.6. The van der Waals surface area contributed by atoms with Crippen molar-refractivity contribution in [1.29, 1.82) is 0 Å². The van der Waals surface area contributed by atoms with Gasteiger partial charge in [-0.2, -0.15) is 0 Å². The Morgan fingerprint density at radius 1 is 1.23 bits per heavy atom. The van der Waals surface area contributed by atoms with Crippen LogP contribution in [0.2, 0.25) is 0 Å². The number of benzene rings is 1. The molecule has 168 valence electrons. The number of halogens is 2.